The van der Waals surface area contributed by atoms with Crippen molar-refractivity contribution in [3.05, 3.63) is 174 Å². The summed E-state index contributed by atoms with van der Waals surface area (Å²) in [5, 5.41) is 2.29. The Labute approximate surface area is 391 Å². The fourth-order valence-corrected chi connectivity index (χ4v) is 8.49. The second kappa shape index (κ2) is 16.5. The Morgan fingerprint density at radius 3 is 1.86 bits per heavy atom. The fraction of sp³-hybridized carbons (Fsp3) is 0.333. The molecule has 0 radical (unpaired) electrons. The van der Waals surface area contributed by atoms with E-state index in [0.29, 0.717) is 11.5 Å². The first kappa shape index (κ1) is 45.9. The first-order valence-electron chi connectivity index (χ1n) is 22.0. The zero-order chi connectivity index (χ0) is 44.6. The van der Waals surface area contributed by atoms with Gasteiger partial charge in [0.2, 0.25) is 0 Å². The summed E-state index contributed by atoms with van der Waals surface area (Å²) in [6.45, 7) is 33.9. The number of benzene rings is 5. The van der Waals surface area contributed by atoms with Gasteiger partial charge in [0.25, 0.3) is 0 Å². The van der Waals surface area contributed by atoms with Crippen LogP contribution in [0.1, 0.15) is 125 Å². The van der Waals surface area contributed by atoms with Crippen LogP contribution in [0.3, 0.4) is 0 Å². The normalized spacial score (nSPS) is 14.0. The number of hydrogen-bond donors (Lipinski definition) is 0. The van der Waals surface area contributed by atoms with Crippen molar-refractivity contribution >= 4 is 33.2 Å². The van der Waals surface area contributed by atoms with Crippen LogP contribution < -0.4 is 14.5 Å². The molecular formula is C57H63N4OPt-3. The van der Waals surface area contributed by atoms with E-state index >= 15 is 0 Å². The quantitative estimate of drug-likeness (QED) is 0.149. The van der Waals surface area contributed by atoms with Crippen LogP contribution in [0.4, 0.5) is 11.4 Å². The van der Waals surface area contributed by atoms with Gasteiger partial charge in [0.05, 0.1) is 0 Å². The number of anilines is 2. The average Bonchev–Trinajstić information content (AvgIpc) is 3.81. The van der Waals surface area contributed by atoms with Gasteiger partial charge in [-0.1, -0.05) is 168 Å². The van der Waals surface area contributed by atoms with Crippen molar-refractivity contribution in [2.45, 2.75) is 119 Å². The first-order valence-corrected chi connectivity index (χ1v) is 22.0. The van der Waals surface area contributed by atoms with E-state index in [1.165, 1.54) is 22.4 Å². The maximum atomic E-state index is 7.10. The number of nitrogens with zero attached hydrogens (tertiary/aromatic N) is 4. The number of hydrogen-bond acceptors (Lipinski definition) is 4. The van der Waals surface area contributed by atoms with Crippen LogP contribution in [0.5, 0.6) is 11.5 Å². The molecule has 0 amide bonds. The molecule has 0 spiro atoms. The smallest absolute Gasteiger partial charge is 0.135 e. The molecule has 2 aromatic heterocycles. The molecule has 0 bridgehead atoms. The van der Waals surface area contributed by atoms with Gasteiger partial charge in [0, 0.05) is 61.1 Å². The van der Waals surface area contributed by atoms with Crippen LogP contribution in [-0.2, 0) is 42.7 Å². The van der Waals surface area contributed by atoms with Crippen molar-refractivity contribution < 1.29 is 25.8 Å². The third-order valence-electron chi connectivity index (χ3n) is 12.4. The van der Waals surface area contributed by atoms with Gasteiger partial charge < -0.3 is 19.1 Å². The summed E-state index contributed by atoms with van der Waals surface area (Å²) in [5.74, 6) is 2.11. The maximum Gasteiger partial charge on any atom is 0.135 e. The number of ether oxygens (including phenoxy) is 1. The molecule has 1 aliphatic heterocycles. The summed E-state index contributed by atoms with van der Waals surface area (Å²) in [4.78, 5) is 9.53. The molecule has 0 saturated carbocycles. The Bertz CT molecular complexity index is 2820. The molecule has 0 aliphatic carbocycles. The van der Waals surface area contributed by atoms with E-state index < -0.39 is 5.41 Å². The zero-order valence-electron chi connectivity index (χ0n) is 39.6. The second-order valence-electron chi connectivity index (χ2n) is 21.7. The largest absolute Gasteiger partial charge is 0.509 e. The van der Waals surface area contributed by atoms with Crippen LogP contribution in [0.2, 0.25) is 0 Å². The van der Waals surface area contributed by atoms with Crippen LogP contribution in [0, 0.1) is 24.2 Å². The predicted octanol–water partition coefficient (Wildman–Crippen LogP) is 15.1. The van der Waals surface area contributed by atoms with Crippen molar-refractivity contribution in [1.82, 2.24) is 9.55 Å². The summed E-state index contributed by atoms with van der Waals surface area (Å²) >= 11 is 0. The average molecular weight is 1020 g/mol. The van der Waals surface area contributed by atoms with Crippen LogP contribution >= 0.6 is 0 Å². The number of rotatable bonds is 7. The number of para-hydroxylation sites is 1. The topological polar surface area (TPSA) is 33.5 Å². The van der Waals surface area contributed by atoms with E-state index in [1.807, 2.05) is 6.20 Å². The third-order valence-corrected chi connectivity index (χ3v) is 12.4. The van der Waals surface area contributed by atoms with Gasteiger partial charge in [-0.25, -0.2) is 4.98 Å². The number of fused-ring (bicyclic) bond motifs is 3. The van der Waals surface area contributed by atoms with Gasteiger partial charge in [-0.15, -0.1) is 53.8 Å². The number of allylic oxidation sites excluding steroid dienone is 1. The Hall–Kier alpha value is -5.12. The van der Waals surface area contributed by atoms with E-state index in [0.717, 1.165) is 50.1 Å². The molecular weight excluding hydrogens is 952 g/mol. The minimum atomic E-state index is -0.392. The molecule has 5 aromatic carbocycles. The third kappa shape index (κ3) is 9.01. The molecule has 7 aromatic rings. The van der Waals surface area contributed by atoms with E-state index in [9.17, 15) is 0 Å². The standard InChI is InChI=1S/C57H63N4O.Pt/c1-53(2,3)39-23-20-24-42(29-39)60-37-59(36-50(60)56(10,11)12)43-30-41(55(7,8)9)31-44(33-43)62-45-34-47(57(13,14)38-21-16-15-17-22-38)52-46-25-18-19-26-48(46)61(49(52)35-45)51-32-40(27-28-58-51)54(4,5)6;/h15-32,34,36-37H,1-14H3;/q-3;. The summed E-state index contributed by atoms with van der Waals surface area (Å²) in [6.07, 6.45) is 4.18. The summed E-state index contributed by atoms with van der Waals surface area (Å²) < 4.78 is 9.36. The summed E-state index contributed by atoms with van der Waals surface area (Å²) in [7, 11) is 0. The molecule has 1 aliphatic rings. The van der Waals surface area contributed by atoms with Crippen molar-refractivity contribution in [3.63, 3.8) is 0 Å². The molecule has 0 N–H and O–H groups in total. The van der Waals surface area contributed by atoms with Crippen molar-refractivity contribution in [3.8, 4) is 17.3 Å². The maximum absolute atomic E-state index is 7.10. The molecule has 330 valence electrons. The van der Waals surface area contributed by atoms with Gasteiger partial charge in [0.15, 0.2) is 0 Å². The summed E-state index contributed by atoms with van der Waals surface area (Å²) in [5.41, 5.74) is 10.6. The predicted molar refractivity (Wildman–Crippen MR) is 261 cm³/mol. The number of pyridine rings is 1. The molecule has 63 heavy (non-hydrogen) atoms. The first-order chi connectivity index (χ1) is 29.0. The van der Waals surface area contributed by atoms with Crippen molar-refractivity contribution in [1.29, 1.82) is 0 Å². The molecule has 8 rings (SSSR count). The molecule has 0 saturated heterocycles. The van der Waals surface area contributed by atoms with Gasteiger partial charge in [-0.2, -0.15) is 0 Å². The van der Waals surface area contributed by atoms with Crippen LogP contribution in [0.25, 0.3) is 27.6 Å². The minimum Gasteiger partial charge on any atom is -0.509 e. The second-order valence-corrected chi connectivity index (χ2v) is 21.7. The zero-order valence-corrected chi connectivity index (χ0v) is 41.9. The van der Waals surface area contributed by atoms with E-state index in [2.05, 4.69) is 245 Å². The molecule has 3 heterocycles. The summed E-state index contributed by atoms with van der Waals surface area (Å²) in [6, 6.07) is 46.8. The Kier molecular flexibility index (Phi) is 12.0. The molecule has 0 unspecified atom stereocenters. The van der Waals surface area contributed by atoms with Crippen molar-refractivity contribution in [2.75, 3.05) is 9.80 Å². The fourth-order valence-electron chi connectivity index (χ4n) is 8.49. The molecule has 6 heteroatoms. The number of aromatic nitrogens is 2. The molecule has 0 fully saturated rings. The van der Waals surface area contributed by atoms with E-state index in [1.54, 1.807) is 0 Å². The van der Waals surface area contributed by atoms with Crippen LogP contribution in [0.15, 0.2) is 127 Å². The monoisotopic (exact) mass is 1010 g/mol. The van der Waals surface area contributed by atoms with E-state index in [-0.39, 0.29) is 42.7 Å². The van der Waals surface area contributed by atoms with Crippen LogP contribution in [-0.4, -0.2) is 9.55 Å². The van der Waals surface area contributed by atoms with Gasteiger partial charge in [0.1, 0.15) is 5.82 Å². The van der Waals surface area contributed by atoms with Gasteiger partial charge >= 0.3 is 0 Å². The Morgan fingerprint density at radius 1 is 0.571 bits per heavy atom. The van der Waals surface area contributed by atoms with Gasteiger partial charge in [-0.3, -0.25) is 0 Å². The Balaban J connectivity index is 0.00000595. The van der Waals surface area contributed by atoms with E-state index in [4.69, 9.17) is 9.72 Å². The Morgan fingerprint density at radius 2 is 1.19 bits per heavy atom. The minimum absolute atomic E-state index is 0. The van der Waals surface area contributed by atoms with Gasteiger partial charge in [-0.05, 0) is 80.3 Å². The molecule has 5 nitrogen and oxygen atoms in total. The molecule has 0 atom stereocenters. The SMILES string of the molecule is CC(C)(C)C1=CN(c2[c-]c(Oc3[c-]c4c(c(C(C)(C)c5ccccc5)c3)c3ccccc3n4-c3cc(C(C)(C)C)ccn3)cc(C(C)(C)C)c2)[CH-]N1c1cccc(C(C)(C)C)c1.[Pt]. The van der Waals surface area contributed by atoms with Crippen molar-refractivity contribution in [2.24, 2.45) is 5.41 Å².